The molecule has 0 bridgehead atoms. The van der Waals surface area contributed by atoms with Crippen molar-refractivity contribution < 1.29 is 22.7 Å². The van der Waals surface area contributed by atoms with E-state index in [9.17, 15) is 18.0 Å². The number of amides is 1. The molecule has 0 aromatic rings. The highest BCUT2D eigenvalue weighted by atomic mass is 19.4. The minimum Gasteiger partial charge on any atom is -0.372 e. The van der Waals surface area contributed by atoms with Crippen LogP contribution < -0.4 is 5.32 Å². The zero-order valence-corrected chi connectivity index (χ0v) is 12.7. The van der Waals surface area contributed by atoms with E-state index in [0.717, 1.165) is 32.2 Å². The molecule has 124 valence electrons. The predicted octanol–water partition coefficient (Wildman–Crippen LogP) is 2.33. The first-order valence-electron chi connectivity index (χ1n) is 7.47. The summed E-state index contributed by atoms with van der Waals surface area (Å²) >= 11 is 0. The Balaban J connectivity index is 2.22. The maximum Gasteiger partial charge on any atom is 0.411 e. The lowest BCUT2D eigenvalue weighted by molar-refractivity contribution is -0.175. The first-order valence-corrected chi connectivity index (χ1v) is 7.47. The van der Waals surface area contributed by atoms with Crippen LogP contribution in [0, 0.1) is 0 Å². The molecule has 1 N–H and O–H groups in total. The fourth-order valence-electron chi connectivity index (χ4n) is 2.68. The average molecular weight is 310 g/mol. The summed E-state index contributed by atoms with van der Waals surface area (Å²) in [5.41, 5.74) is 0. The van der Waals surface area contributed by atoms with Crippen molar-refractivity contribution >= 4 is 5.91 Å². The third-order valence-corrected chi connectivity index (χ3v) is 3.86. The first kappa shape index (κ1) is 18.2. The number of nitrogens with zero attached hydrogens (tertiary/aromatic N) is 1. The van der Waals surface area contributed by atoms with Gasteiger partial charge in [-0.1, -0.05) is 6.92 Å². The van der Waals surface area contributed by atoms with Crippen molar-refractivity contribution in [3.8, 4) is 0 Å². The van der Waals surface area contributed by atoms with E-state index >= 15 is 0 Å². The van der Waals surface area contributed by atoms with Gasteiger partial charge in [-0.25, -0.2) is 0 Å². The fraction of sp³-hybridized carbons (Fsp3) is 0.929. The Kier molecular flexibility index (Phi) is 7.45. The van der Waals surface area contributed by atoms with Crippen LogP contribution in [0.4, 0.5) is 13.2 Å². The Bertz CT molecular complexity index is 316. The van der Waals surface area contributed by atoms with Crippen LogP contribution in [0.25, 0.3) is 0 Å². The molecule has 0 atom stereocenters. The lowest BCUT2D eigenvalue weighted by atomic mass is 9.90. The van der Waals surface area contributed by atoms with Gasteiger partial charge in [0.1, 0.15) is 6.61 Å². The van der Waals surface area contributed by atoms with E-state index in [2.05, 4.69) is 17.0 Å². The van der Waals surface area contributed by atoms with E-state index in [1.54, 1.807) is 11.9 Å². The summed E-state index contributed by atoms with van der Waals surface area (Å²) in [6.07, 6.45) is -0.409. The summed E-state index contributed by atoms with van der Waals surface area (Å²) in [4.78, 5) is 13.6. The van der Waals surface area contributed by atoms with E-state index in [1.165, 1.54) is 0 Å². The molecule has 0 aromatic heterocycles. The molecule has 0 heterocycles. The van der Waals surface area contributed by atoms with Gasteiger partial charge in [-0.2, -0.15) is 13.2 Å². The summed E-state index contributed by atoms with van der Waals surface area (Å²) in [6.45, 7) is 1.54. The van der Waals surface area contributed by atoms with Gasteiger partial charge in [-0.05, 0) is 32.2 Å². The molecular formula is C14H25F3N2O2. The number of alkyl halides is 3. The normalized spacial score (nSPS) is 23.1. The topological polar surface area (TPSA) is 41.6 Å². The molecule has 1 rings (SSSR count). The zero-order valence-electron chi connectivity index (χ0n) is 12.7. The molecule has 1 amide bonds. The van der Waals surface area contributed by atoms with Crippen molar-refractivity contribution in [2.24, 2.45) is 0 Å². The van der Waals surface area contributed by atoms with Gasteiger partial charge in [0.15, 0.2) is 0 Å². The lowest BCUT2D eigenvalue weighted by Gasteiger charge is -2.35. The molecule has 4 nitrogen and oxygen atoms in total. The first-order chi connectivity index (χ1) is 9.83. The van der Waals surface area contributed by atoms with Gasteiger partial charge >= 0.3 is 6.18 Å². The van der Waals surface area contributed by atoms with Crippen LogP contribution in [0.15, 0.2) is 0 Å². The molecule has 1 fully saturated rings. The Morgan fingerprint density at radius 2 is 1.90 bits per heavy atom. The Morgan fingerprint density at radius 3 is 2.43 bits per heavy atom. The molecule has 21 heavy (non-hydrogen) atoms. The van der Waals surface area contributed by atoms with Crippen LogP contribution in [-0.4, -0.2) is 55.9 Å². The van der Waals surface area contributed by atoms with Crippen molar-refractivity contribution in [2.75, 3.05) is 26.8 Å². The standard InChI is InChI=1S/C14H25F3N2O2/c1-3-18-11-4-6-12(7-5-11)19(2)13(20)8-9-21-10-14(15,16)17/h11-12,18H,3-10H2,1-2H3. The Morgan fingerprint density at radius 1 is 1.29 bits per heavy atom. The van der Waals surface area contributed by atoms with Crippen molar-refractivity contribution in [1.29, 1.82) is 0 Å². The minimum atomic E-state index is -4.33. The zero-order chi connectivity index (χ0) is 15.9. The molecule has 1 saturated carbocycles. The number of ether oxygens (including phenoxy) is 1. The number of nitrogens with one attached hydrogen (secondary N) is 1. The Labute approximate surface area is 124 Å². The van der Waals surface area contributed by atoms with Gasteiger partial charge in [-0.3, -0.25) is 4.79 Å². The van der Waals surface area contributed by atoms with Crippen LogP contribution in [-0.2, 0) is 9.53 Å². The molecule has 1 aliphatic carbocycles. The molecule has 0 aromatic carbocycles. The van der Waals surface area contributed by atoms with Gasteiger partial charge in [0, 0.05) is 19.1 Å². The summed E-state index contributed by atoms with van der Waals surface area (Å²) in [6, 6.07) is 0.708. The highest BCUT2D eigenvalue weighted by Crippen LogP contribution is 2.23. The smallest absolute Gasteiger partial charge is 0.372 e. The van der Waals surface area contributed by atoms with E-state index in [-0.39, 0.29) is 25.0 Å². The molecule has 7 heteroatoms. The van der Waals surface area contributed by atoms with Gasteiger partial charge in [0.25, 0.3) is 0 Å². The second-order valence-corrected chi connectivity index (χ2v) is 5.49. The second kappa shape index (κ2) is 8.58. The molecule has 0 saturated heterocycles. The summed E-state index contributed by atoms with van der Waals surface area (Å²) in [5.74, 6) is -0.149. The van der Waals surface area contributed by atoms with Gasteiger partial charge in [0.2, 0.25) is 5.91 Å². The van der Waals surface area contributed by atoms with Crippen LogP contribution in [0.1, 0.15) is 39.0 Å². The molecule has 0 unspecified atom stereocenters. The van der Waals surface area contributed by atoms with Crippen LogP contribution in [0.5, 0.6) is 0 Å². The highest BCUT2D eigenvalue weighted by molar-refractivity contribution is 5.76. The molecule has 1 aliphatic rings. The Hall–Kier alpha value is -0.820. The maximum atomic E-state index is 11.9. The van der Waals surface area contributed by atoms with Crippen molar-refractivity contribution in [2.45, 2.75) is 57.3 Å². The van der Waals surface area contributed by atoms with E-state index in [0.29, 0.717) is 6.04 Å². The third kappa shape index (κ3) is 7.13. The maximum absolute atomic E-state index is 11.9. The minimum absolute atomic E-state index is 0.000279. The monoisotopic (exact) mass is 310 g/mol. The van der Waals surface area contributed by atoms with Crippen LogP contribution in [0.2, 0.25) is 0 Å². The molecule has 0 aliphatic heterocycles. The lowest BCUT2D eigenvalue weighted by Crippen LogP contribution is -2.43. The van der Waals surface area contributed by atoms with E-state index in [4.69, 9.17) is 0 Å². The van der Waals surface area contributed by atoms with Crippen molar-refractivity contribution in [3.05, 3.63) is 0 Å². The van der Waals surface area contributed by atoms with E-state index < -0.39 is 12.8 Å². The molecule has 0 radical (unpaired) electrons. The second-order valence-electron chi connectivity index (χ2n) is 5.49. The molecular weight excluding hydrogens is 285 g/mol. The van der Waals surface area contributed by atoms with Crippen LogP contribution in [0.3, 0.4) is 0 Å². The largest absolute Gasteiger partial charge is 0.411 e. The van der Waals surface area contributed by atoms with Gasteiger partial charge in [-0.15, -0.1) is 0 Å². The number of halogens is 3. The van der Waals surface area contributed by atoms with E-state index in [1.807, 2.05) is 0 Å². The number of rotatable bonds is 7. The van der Waals surface area contributed by atoms with Crippen molar-refractivity contribution in [3.63, 3.8) is 0 Å². The summed E-state index contributed by atoms with van der Waals surface area (Å²) in [5, 5.41) is 3.40. The third-order valence-electron chi connectivity index (χ3n) is 3.86. The van der Waals surface area contributed by atoms with Gasteiger partial charge in [0.05, 0.1) is 13.0 Å². The molecule has 0 spiro atoms. The quantitative estimate of drug-likeness (QED) is 0.734. The SMILES string of the molecule is CCNC1CCC(N(C)C(=O)CCOCC(F)(F)F)CC1. The summed E-state index contributed by atoms with van der Waals surface area (Å²) in [7, 11) is 1.73. The van der Waals surface area contributed by atoms with Crippen molar-refractivity contribution in [1.82, 2.24) is 10.2 Å². The number of hydrogen-bond donors (Lipinski definition) is 1. The summed E-state index contributed by atoms with van der Waals surface area (Å²) < 4.78 is 40.2. The van der Waals surface area contributed by atoms with Crippen LogP contribution >= 0.6 is 0 Å². The van der Waals surface area contributed by atoms with Gasteiger partial charge < -0.3 is 15.0 Å². The number of carbonyl (C=O) groups excluding carboxylic acids is 1. The number of carbonyl (C=O) groups is 1. The predicted molar refractivity (Wildman–Crippen MR) is 74.0 cm³/mol. The average Bonchev–Trinajstić information content (AvgIpc) is 2.43. The fourth-order valence-corrected chi connectivity index (χ4v) is 2.68. The number of hydrogen-bond acceptors (Lipinski definition) is 3. The highest BCUT2D eigenvalue weighted by Gasteiger charge is 2.28.